The molecule has 0 aliphatic heterocycles. The van der Waals surface area contributed by atoms with Crippen LogP contribution in [0.4, 0.5) is 0 Å². The highest BCUT2D eigenvalue weighted by Crippen LogP contribution is 2.38. The third kappa shape index (κ3) is 2.85. The Hall–Kier alpha value is -1.06. The van der Waals surface area contributed by atoms with E-state index in [-0.39, 0.29) is 5.92 Å². The maximum absolute atomic E-state index is 11.4. The summed E-state index contributed by atoms with van der Waals surface area (Å²) in [4.78, 5) is 11.4. The summed E-state index contributed by atoms with van der Waals surface area (Å²) in [5.41, 5.74) is -0.844. The Morgan fingerprint density at radius 3 is 2.44 bits per heavy atom. The topological polar surface area (TPSA) is 57.5 Å². The average Bonchev–Trinajstić information content (AvgIpc) is 2.27. The number of aliphatic hydroxyl groups is 1. The summed E-state index contributed by atoms with van der Waals surface area (Å²) in [6.45, 7) is 5.37. The molecule has 0 aliphatic carbocycles. The second-order valence-electron chi connectivity index (χ2n) is 4.85. The van der Waals surface area contributed by atoms with E-state index >= 15 is 0 Å². The summed E-state index contributed by atoms with van der Waals surface area (Å²) >= 11 is 5.91. The van der Waals surface area contributed by atoms with Crippen LogP contribution in [0.15, 0.2) is 24.3 Å². The van der Waals surface area contributed by atoms with Gasteiger partial charge < -0.3 is 10.2 Å². The van der Waals surface area contributed by atoms with E-state index in [0.29, 0.717) is 17.0 Å². The van der Waals surface area contributed by atoms with Gasteiger partial charge in [-0.15, -0.1) is 0 Å². The van der Waals surface area contributed by atoms with Crippen molar-refractivity contribution < 1.29 is 15.0 Å². The Morgan fingerprint density at radius 1 is 1.44 bits per heavy atom. The lowest BCUT2D eigenvalue weighted by molar-refractivity contribution is -0.157. The first-order chi connectivity index (χ1) is 8.32. The molecule has 0 aliphatic rings. The number of benzene rings is 1. The molecule has 0 radical (unpaired) electrons. The van der Waals surface area contributed by atoms with Crippen LogP contribution in [0.3, 0.4) is 0 Å². The minimum atomic E-state index is -1.40. The van der Waals surface area contributed by atoms with Crippen molar-refractivity contribution in [2.24, 2.45) is 11.8 Å². The van der Waals surface area contributed by atoms with Crippen molar-refractivity contribution in [2.45, 2.75) is 32.8 Å². The van der Waals surface area contributed by atoms with Crippen LogP contribution in [-0.4, -0.2) is 16.2 Å². The van der Waals surface area contributed by atoms with E-state index < -0.39 is 17.5 Å². The molecule has 0 aromatic heterocycles. The van der Waals surface area contributed by atoms with Crippen LogP contribution in [0.1, 0.15) is 32.8 Å². The molecular weight excluding hydrogens is 252 g/mol. The van der Waals surface area contributed by atoms with Gasteiger partial charge in [0.05, 0.1) is 5.92 Å². The van der Waals surface area contributed by atoms with Gasteiger partial charge in [-0.2, -0.15) is 0 Å². The molecule has 0 fully saturated rings. The van der Waals surface area contributed by atoms with Crippen LogP contribution in [-0.2, 0) is 10.4 Å². The fraction of sp³-hybridized carbons (Fsp3) is 0.500. The van der Waals surface area contributed by atoms with Crippen molar-refractivity contribution in [2.75, 3.05) is 0 Å². The summed E-state index contributed by atoms with van der Waals surface area (Å²) in [7, 11) is 0. The van der Waals surface area contributed by atoms with E-state index in [4.69, 9.17) is 11.6 Å². The zero-order chi connectivity index (χ0) is 13.9. The first kappa shape index (κ1) is 15.0. The minimum Gasteiger partial charge on any atom is -0.481 e. The Morgan fingerprint density at radius 2 is 2.06 bits per heavy atom. The van der Waals surface area contributed by atoms with Gasteiger partial charge in [0.1, 0.15) is 5.60 Å². The van der Waals surface area contributed by atoms with Gasteiger partial charge in [0.2, 0.25) is 0 Å². The SMILES string of the molecule is CCC(O)(c1cccc(Cl)c1)C(C(=O)O)C(C)C. The van der Waals surface area contributed by atoms with E-state index in [1.54, 1.807) is 45.0 Å². The third-order valence-corrected chi connectivity index (χ3v) is 3.55. The number of aliphatic carboxylic acids is 1. The second kappa shape index (κ2) is 5.72. The normalized spacial score (nSPS) is 16.3. The van der Waals surface area contributed by atoms with Crippen LogP contribution in [0.2, 0.25) is 5.02 Å². The number of rotatable bonds is 5. The molecule has 2 atom stereocenters. The highest BCUT2D eigenvalue weighted by Gasteiger charge is 2.43. The lowest BCUT2D eigenvalue weighted by Gasteiger charge is -2.35. The van der Waals surface area contributed by atoms with Crippen molar-refractivity contribution in [3.05, 3.63) is 34.9 Å². The molecular formula is C14H19ClO3. The number of carboxylic acids is 1. The summed E-state index contributed by atoms with van der Waals surface area (Å²) in [5.74, 6) is -2.03. The second-order valence-corrected chi connectivity index (χ2v) is 5.28. The first-order valence-electron chi connectivity index (χ1n) is 6.04. The predicted molar refractivity (Wildman–Crippen MR) is 71.6 cm³/mol. The third-order valence-electron chi connectivity index (χ3n) is 3.31. The average molecular weight is 271 g/mol. The Bertz CT molecular complexity index is 431. The lowest BCUT2D eigenvalue weighted by Crippen LogP contribution is -2.42. The van der Waals surface area contributed by atoms with E-state index in [2.05, 4.69) is 0 Å². The van der Waals surface area contributed by atoms with Gasteiger partial charge in [-0.05, 0) is 30.0 Å². The van der Waals surface area contributed by atoms with Gasteiger partial charge in [0, 0.05) is 5.02 Å². The molecule has 2 unspecified atom stereocenters. The van der Waals surface area contributed by atoms with Crippen molar-refractivity contribution in [3.8, 4) is 0 Å². The molecule has 0 bridgehead atoms. The van der Waals surface area contributed by atoms with Crippen LogP contribution in [0, 0.1) is 11.8 Å². The molecule has 1 rings (SSSR count). The molecule has 0 amide bonds. The molecule has 100 valence electrons. The summed E-state index contributed by atoms with van der Waals surface area (Å²) in [5, 5.41) is 20.6. The monoisotopic (exact) mass is 270 g/mol. The van der Waals surface area contributed by atoms with E-state index in [9.17, 15) is 15.0 Å². The molecule has 18 heavy (non-hydrogen) atoms. The van der Waals surface area contributed by atoms with Gasteiger partial charge >= 0.3 is 5.97 Å². The van der Waals surface area contributed by atoms with Crippen molar-refractivity contribution in [1.82, 2.24) is 0 Å². The van der Waals surface area contributed by atoms with Crippen LogP contribution < -0.4 is 0 Å². The molecule has 0 spiro atoms. The molecule has 1 aromatic rings. The Kier molecular flexibility index (Phi) is 4.77. The van der Waals surface area contributed by atoms with Gasteiger partial charge in [0.25, 0.3) is 0 Å². The molecule has 3 nitrogen and oxygen atoms in total. The van der Waals surface area contributed by atoms with E-state index in [0.717, 1.165) is 0 Å². The van der Waals surface area contributed by atoms with Gasteiger partial charge in [-0.1, -0.05) is 44.5 Å². The largest absolute Gasteiger partial charge is 0.481 e. The van der Waals surface area contributed by atoms with Crippen LogP contribution >= 0.6 is 11.6 Å². The molecule has 0 saturated heterocycles. The van der Waals surface area contributed by atoms with Gasteiger partial charge in [-0.3, -0.25) is 4.79 Å². The fourth-order valence-electron chi connectivity index (χ4n) is 2.40. The van der Waals surface area contributed by atoms with Crippen molar-refractivity contribution >= 4 is 17.6 Å². The zero-order valence-corrected chi connectivity index (χ0v) is 11.6. The highest BCUT2D eigenvalue weighted by molar-refractivity contribution is 6.30. The minimum absolute atomic E-state index is 0.175. The smallest absolute Gasteiger partial charge is 0.310 e. The van der Waals surface area contributed by atoms with Gasteiger partial charge in [-0.25, -0.2) is 0 Å². The standard InChI is InChI=1S/C14H19ClO3/c1-4-14(18,12(9(2)3)13(16)17)10-6-5-7-11(15)8-10/h5-9,12,18H,4H2,1-3H3,(H,16,17). The van der Waals surface area contributed by atoms with E-state index in [1.807, 2.05) is 0 Å². The predicted octanol–water partition coefficient (Wildman–Crippen LogP) is 3.29. The van der Waals surface area contributed by atoms with Crippen LogP contribution in [0.25, 0.3) is 0 Å². The molecule has 2 N–H and O–H groups in total. The van der Waals surface area contributed by atoms with Crippen molar-refractivity contribution in [1.29, 1.82) is 0 Å². The highest BCUT2D eigenvalue weighted by atomic mass is 35.5. The van der Waals surface area contributed by atoms with Gasteiger partial charge in [0.15, 0.2) is 0 Å². The molecule has 0 saturated carbocycles. The number of carbonyl (C=O) groups is 1. The first-order valence-corrected chi connectivity index (χ1v) is 6.42. The fourth-order valence-corrected chi connectivity index (χ4v) is 2.59. The Balaban J connectivity index is 3.30. The summed E-state index contributed by atoms with van der Waals surface area (Å²) < 4.78 is 0. The van der Waals surface area contributed by atoms with Crippen LogP contribution in [0.5, 0.6) is 0 Å². The summed E-state index contributed by atoms with van der Waals surface area (Å²) in [6.07, 6.45) is 0.322. The lowest BCUT2D eigenvalue weighted by atomic mass is 9.74. The molecule has 0 heterocycles. The zero-order valence-electron chi connectivity index (χ0n) is 10.9. The maximum atomic E-state index is 11.4. The quantitative estimate of drug-likeness (QED) is 0.863. The number of halogens is 1. The number of carboxylic acid groups (broad SMARTS) is 1. The van der Waals surface area contributed by atoms with Crippen molar-refractivity contribution in [3.63, 3.8) is 0 Å². The Labute approximate surface area is 112 Å². The molecule has 1 aromatic carbocycles. The number of hydrogen-bond acceptors (Lipinski definition) is 2. The maximum Gasteiger partial charge on any atom is 0.310 e. The number of hydrogen-bond donors (Lipinski definition) is 2. The summed E-state index contributed by atoms with van der Waals surface area (Å²) in [6, 6.07) is 6.76. The molecule has 4 heteroatoms. The van der Waals surface area contributed by atoms with E-state index in [1.165, 1.54) is 0 Å².